The summed E-state index contributed by atoms with van der Waals surface area (Å²) in [4.78, 5) is 52.8. The van der Waals surface area contributed by atoms with Crippen LogP contribution in [0.15, 0.2) is 65.1 Å². The van der Waals surface area contributed by atoms with Crippen molar-refractivity contribution in [1.82, 2.24) is 5.32 Å². The van der Waals surface area contributed by atoms with E-state index < -0.39 is 46.1 Å². The number of nitro benzene ring substituents is 1. The van der Waals surface area contributed by atoms with Gasteiger partial charge in [-0.2, -0.15) is 0 Å². The number of anilines is 1. The Kier molecular flexibility index (Phi) is 7.15. The van der Waals surface area contributed by atoms with Gasteiger partial charge in [0, 0.05) is 39.7 Å². The number of benzene rings is 3. The highest BCUT2D eigenvalue weighted by Crippen LogP contribution is 2.52. The number of carboxylic acid groups (broad SMARTS) is 1. The zero-order valence-electron chi connectivity index (χ0n) is 21.3. The van der Waals surface area contributed by atoms with Crippen LogP contribution in [0.4, 0.5) is 11.4 Å². The number of ether oxygens (including phenoxy) is 1. The summed E-state index contributed by atoms with van der Waals surface area (Å²) in [6.07, 6.45) is -0.212. The van der Waals surface area contributed by atoms with Crippen molar-refractivity contribution in [2.45, 2.75) is 24.9 Å². The maximum Gasteiger partial charge on any atom is 0.325 e. The lowest BCUT2D eigenvalue weighted by molar-refractivity contribution is -0.384. The summed E-state index contributed by atoms with van der Waals surface area (Å²) in [6.45, 7) is 1.79. The number of carbonyl (C=O) groups excluding carboxylic acids is 2. The molecular weight excluding hydrogens is 606 g/mol. The largest absolute Gasteiger partial charge is 0.496 e. The lowest BCUT2D eigenvalue weighted by atomic mass is 9.76. The molecule has 10 nitrogen and oxygen atoms in total. The number of nitro groups is 1. The monoisotopic (exact) mass is 627 g/mol. The third-order valence-corrected chi connectivity index (χ3v) is 8.51. The summed E-state index contributed by atoms with van der Waals surface area (Å²) in [5.41, 5.74) is -0.135. The maximum absolute atomic E-state index is 14.1. The Morgan fingerprint density at radius 1 is 1.15 bits per heavy atom. The average molecular weight is 629 g/mol. The summed E-state index contributed by atoms with van der Waals surface area (Å²) in [7, 11) is 1.46. The summed E-state index contributed by atoms with van der Waals surface area (Å²) in [6, 6.07) is 14.5. The smallest absolute Gasteiger partial charge is 0.325 e. The van der Waals surface area contributed by atoms with Crippen molar-refractivity contribution in [2.75, 3.05) is 12.0 Å². The van der Waals surface area contributed by atoms with Crippen LogP contribution in [0.1, 0.15) is 22.7 Å². The molecule has 0 saturated carbocycles. The molecule has 40 heavy (non-hydrogen) atoms. The van der Waals surface area contributed by atoms with Gasteiger partial charge >= 0.3 is 5.97 Å². The van der Waals surface area contributed by atoms with Crippen molar-refractivity contribution in [3.8, 4) is 5.75 Å². The van der Waals surface area contributed by atoms with Crippen molar-refractivity contribution < 1.29 is 29.2 Å². The first-order valence-electron chi connectivity index (χ1n) is 12.2. The van der Waals surface area contributed by atoms with Gasteiger partial charge < -0.3 is 9.84 Å². The molecule has 2 N–H and O–H groups in total. The lowest BCUT2D eigenvalue weighted by Crippen LogP contribution is -2.57. The van der Waals surface area contributed by atoms with E-state index in [4.69, 9.17) is 16.3 Å². The number of aryl methyl sites for hydroxylation is 1. The highest BCUT2D eigenvalue weighted by atomic mass is 79.9. The van der Waals surface area contributed by atoms with Gasteiger partial charge in [-0.3, -0.25) is 29.8 Å². The van der Waals surface area contributed by atoms with Gasteiger partial charge in [-0.05, 0) is 48.4 Å². The molecule has 2 fully saturated rings. The molecule has 0 spiro atoms. The highest BCUT2D eigenvalue weighted by Gasteiger charge is 2.69. The van der Waals surface area contributed by atoms with Gasteiger partial charge in [-0.15, -0.1) is 0 Å². The van der Waals surface area contributed by atoms with Gasteiger partial charge in [-0.25, -0.2) is 4.90 Å². The molecule has 0 radical (unpaired) electrons. The number of nitrogens with zero attached hydrogens (tertiary/aromatic N) is 2. The van der Waals surface area contributed by atoms with Gasteiger partial charge in [0.15, 0.2) is 0 Å². The van der Waals surface area contributed by atoms with Crippen LogP contribution < -0.4 is 15.0 Å². The van der Waals surface area contributed by atoms with Crippen LogP contribution in [-0.2, 0) is 20.8 Å². The van der Waals surface area contributed by atoms with Crippen LogP contribution in [0.25, 0.3) is 0 Å². The Morgan fingerprint density at radius 3 is 2.45 bits per heavy atom. The molecule has 0 bridgehead atoms. The molecule has 5 rings (SSSR count). The lowest BCUT2D eigenvalue weighted by Gasteiger charge is -2.31. The topological polar surface area (TPSA) is 139 Å². The predicted molar refractivity (Wildman–Crippen MR) is 149 cm³/mol. The van der Waals surface area contributed by atoms with Crippen LogP contribution in [-0.4, -0.2) is 40.5 Å². The van der Waals surface area contributed by atoms with E-state index in [0.717, 1.165) is 10.5 Å². The molecule has 206 valence electrons. The number of amides is 2. The van der Waals surface area contributed by atoms with E-state index in [1.807, 2.05) is 0 Å². The normalized spacial score (nSPS) is 23.8. The van der Waals surface area contributed by atoms with E-state index >= 15 is 0 Å². The van der Waals surface area contributed by atoms with E-state index in [-0.39, 0.29) is 17.8 Å². The maximum atomic E-state index is 14.1. The summed E-state index contributed by atoms with van der Waals surface area (Å²) >= 11 is 9.75. The fourth-order valence-electron chi connectivity index (χ4n) is 5.69. The fourth-order valence-corrected chi connectivity index (χ4v) is 6.24. The number of rotatable bonds is 7. The molecular formula is C28H23BrClN3O7. The highest BCUT2D eigenvalue weighted by molar-refractivity contribution is 9.10. The molecule has 0 aromatic heterocycles. The summed E-state index contributed by atoms with van der Waals surface area (Å²) in [5, 5.41) is 25.3. The van der Waals surface area contributed by atoms with E-state index in [2.05, 4.69) is 21.2 Å². The van der Waals surface area contributed by atoms with Crippen LogP contribution in [0.3, 0.4) is 0 Å². The van der Waals surface area contributed by atoms with Crippen molar-refractivity contribution in [3.63, 3.8) is 0 Å². The van der Waals surface area contributed by atoms with Gasteiger partial charge in [0.25, 0.3) is 5.69 Å². The number of imide groups is 1. The average Bonchev–Trinajstić information content (AvgIpc) is 3.39. The zero-order valence-corrected chi connectivity index (χ0v) is 23.6. The molecule has 2 aliphatic rings. The quantitative estimate of drug-likeness (QED) is 0.215. The second-order valence-corrected chi connectivity index (χ2v) is 11.2. The zero-order chi connectivity index (χ0) is 28.9. The number of fused-ring (bicyclic) bond motifs is 1. The minimum absolute atomic E-state index is 0.156. The number of carbonyl (C=O) groups is 3. The molecule has 12 heteroatoms. The van der Waals surface area contributed by atoms with Gasteiger partial charge in [-0.1, -0.05) is 45.7 Å². The SMILES string of the molecule is COc1ccc(Br)cc1C1NC(Cc2ccc([N+](=O)[O-])cc2)(C(=O)O)C2C(=O)N(c3ccc(C)c(Cl)c3)C(=O)C12. The molecule has 2 aliphatic heterocycles. The first-order chi connectivity index (χ1) is 19.0. The molecule has 2 heterocycles. The predicted octanol–water partition coefficient (Wildman–Crippen LogP) is 4.84. The van der Waals surface area contributed by atoms with Gasteiger partial charge in [0.1, 0.15) is 11.3 Å². The number of halogens is 2. The van der Waals surface area contributed by atoms with Crippen molar-refractivity contribution in [2.24, 2.45) is 11.8 Å². The van der Waals surface area contributed by atoms with E-state index in [0.29, 0.717) is 26.4 Å². The molecule has 2 saturated heterocycles. The van der Waals surface area contributed by atoms with Crippen LogP contribution >= 0.6 is 27.5 Å². The minimum atomic E-state index is -1.92. The van der Waals surface area contributed by atoms with E-state index in [1.54, 1.807) is 37.3 Å². The molecule has 0 aliphatic carbocycles. The Balaban J connectivity index is 1.68. The Morgan fingerprint density at radius 2 is 1.85 bits per heavy atom. The number of methoxy groups -OCH3 is 1. The first-order valence-corrected chi connectivity index (χ1v) is 13.4. The third kappa shape index (κ3) is 4.43. The molecule has 4 unspecified atom stereocenters. The number of carboxylic acids is 1. The second kappa shape index (κ2) is 10.3. The van der Waals surface area contributed by atoms with Crippen molar-refractivity contribution in [3.05, 3.63) is 97.0 Å². The van der Waals surface area contributed by atoms with Crippen molar-refractivity contribution >= 4 is 56.7 Å². The first kappa shape index (κ1) is 27.8. The van der Waals surface area contributed by atoms with Crippen molar-refractivity contribution in [1.29, 1.82) is 0 Å². The number of non-ortho nitro benzene ring substituents is 1. The number of hydrogen-bond acceptors (Lipinski definition) is 7. The molecule has 4 atom stereocenters. The Labute approximate surface area is 242 Å². The molecule has 3 aromatic carbocycles. The van der Waals surface area contributed by atoms with E-state index in [9.17, 15) is 29.6 Å². The summed E-state index contributed by atoms with van der Waals surface area (Å²) in [5.74, 6) is -4.56. The molecule has 2 amide bonds. The Bertz CT molecular complexity index is 1560. The van der Waals surface area contributed by atoms with Gasteiger partial charge in [0.2, 0.25) is 11.8 Å². The van der Waals surface area contributed by atoms with E-state index in [1.165, 1.54) is 37.4 Å². The summed E-state index contributed by atoms with van der Waals surface area (Å²) < 4.78 is 6.22. The Hall–Kier alpha value is -3.80. The fraction of sp³-hybridized carbons (Fsp3) is 0.250. The number of nitrogens with one attached hydrogen (secondary N) is 1. The van der Waals surface area contributed by atoms with Gasteiger partial charge in [0.05, 0.1) is 29.6 Å². The molecule has 3 aromatic rings. The van der Waals surface area contributed by atoms with Crippen LogP contribution in [0.2, 0.25) is 5.02 Å². The number of hydrogen-bond donors (Lipinski definition) is 2. The van der Waals surface area contributed by atoms with Crippen LogP contribution in [0.5, 0.6) is 5.75 Å². The van der Waals surface area contributed by atoms with Crippen LogP contribution in [0, 0.1) is 28.9 Å². The standard InChI is InChI=1S/C28H23BrClN3O7/c1-14-3-7-18(12-20(14)30)32-25(34)22-23(26(32)35)28(27(36)37,13-15-4-8-17(9-5-15)33(38)39)31-24(22)19-11-16(29)6-10-21(19)40-2/h3-12,22-24,31H,13H2,1-2H3,(H,36,37). The second-order valence-electron chi connectivity index (χ2n) is 9.83. The third-order valence-electron chi connectivity index (χ3n) is 7.61. The number of aliphatic carboxylic acids is 1. The minimum Gasteiger partial charge on any atom is -0.496 e.